The summed E-state index contributed by atoms with van der Waals surface area (Å²) in [6.45, 7) is 4.35. The first kappa shape index (κ1) is 22.8. The second kappa shape index (κ2) is 9.14. The van der Waals surface area contributed by atoms with Gasteiger partial charge in [-0.2, -0.15) is 35.8 Å². The van der Waals surface area contributed by atoms with Gasteiger partial charge in [0, 0.05) is 0 Å². The van der Waals surface area contributed by atoms with E-state index in [4.69, 9.17) is 9.47 Å². The summed E-state index contributed by atoms with van der Waals surface area (Å²) >= 11 is 0. The van der Waals surface area contributed by atoms with Crippen molar-refractivity contribution in [3.8, 4) is 11.5 Å². The van der Waals surface area contributed by atoms with Crippen LogP contribution in [0.1, 0.15) is 32.3 Å². The van der Waals surface area contributed by atoms with Crippen LogP contribution in [0.15, 0.2) is 23.3 Å². The highest BCUT2D eigenvalue weighted by molar-refractivity contribution is 5.80. The Balaban J connectivity index is 2.90. The Hall–Kier alpha value is -2.20. The maximum absolute atomic E-state index is 13.1. The van der Waals surface area contributed by atoms with Crippen LogP contribution in [-0.4, -0.2) is 37.6 Å². The number of benzene rings is 1. The molecule has 0 aliphatic carbocycles. The second-order valence-corrected chi connectivity index (χ2v) is 5.36. The first-order valence-corrected chi connectivity index (χ1v) is 7.98. The molecular formula is C16H19F7N2O2. The number of hydrazone groups is 1. The number of ether oxygens (including phenoxy) is 2. The summed E-state index contributed by atoms with van der Waals surface area (Å²) in [5, 5.41) is 2.80. The SMILES string of the molecule is CCCCOc1ccc(/C=N/NC(F)(F)C(F)(F)C(F)(F)F)cc1OCC. The summed E-state index contributed by atoms with van der Waals surface area (Å²) in [6, 6.07) is -1.48. The predicted octanol–water partition coefficient (Wildman–Crippen LogP) is 4.98. The van der Waals surface area contributed by atoms with Crippen LogP contribution in [0.4, 0.5) is 30.7 Å². The lowest BCUT2D eigenvalue weighted by molar-refractivity contribution is -0.361. The van der Waals surface area contributed by atoms with Crippen LogP contribution in [0.5, 0.6) is 11.5 Å². The molecular weight excluding hydrogens is 385 g/mol. The van der Waals surface area contributed by atoms with Gasteiger partial charge in [0.25, 0.3) is 0 Å². The predicted molar refractivity (Wildman–Crippen MR) is 84.7 cm³/mol. The molecule has 0 fully saturated rings. The number of unbranched alkanes of at least 4 members (excludes halogenated alkanes) is 1. The molecule has 0 spiro atoms. The lowest BCUT2D eigenvalue weighted by Crippen LogP contribution is -2.58. The summed E-state index contributed by atoms with van der Waals surface area (Å²) in [6.07, 6.45) is -4.07. The minimum absolute atomic E-state index is 0.125. The van der Waals surface area contributed by atoms with Gasteiger partial charge in [-0.25, -0.2) is 5.43 Å². The number of rotatable bonds is 10. The fourth-order valence-electron chi connectivity index (χ4n) is 1.76. The third-order valence-corrected chi connectivity index (χ3v) is 3.19. The van der Waals surface area contributed by atoms with Crippen LogP contribution in [0.3, 0.4) is 0 Å². The average molecular weight is 404 g/mol. The minimum atomic E-state index is -6.43. The molecule has 1 aromatic rings. The molecule has 0 radical (unpaired) electrons. The minimum Gasteiger partial charge on any atom is -0.490 e. The molecule has 0 saturated carbocycles. The van der Waals surface area contributed by atoms with E-state index in [0.717, 1.165) is 12.8 Å². The van der Waals surface area contributed by atoms with E-state index in [1.54, 1.807) is 6.92 Å². The van der Waals surface area contributed by atoms with Crippen molar-refractivity contribution in [2.75, 3.05) is 13.2 Å². The highest BCUT2D eigenvalue weighted by Gasteiger charge is 2.73. The van der Waals surface area contributed by atoms with Gasteiger partial charge in [-0.3, -0.25) is 0 Å². The van der Waals surface area contributed by atoms with Crippen molar-refractivity contribution in [3.05, 3.63) is 23.8 Å². The van der Waals surface area contributed by atoms with Gasteiger partial charge in [-0.1, -0.05) is 13.3 Å². The van der Waals surface area contributed by atoms with Crippen molar-refractivity contribution in [3.63, 3.8) is 0 Å². The van der Waals surface area contributed by atoms with Gasteiger partial charge < -0.3 is 9.47 Å². The van der Waals surface area contributed by atoms with Gasteiger partial charge in [0.1, 0.15) is 0 Å². The molecule has 4 nitrogen and oxygen atoms in total. The number of hydrogen-bond donors (Lipinski definition) is 1. The number of alkyl halides is 7. The Morgan fingerprint density at radius 1 is 1.00 bits per heavy atom. The number of halogens is 7. The van der Waals surface area contributed by atoms with E-state index < -0.39 is 18.1 Å². The topological polar surface area (TPSA) is 42.8 Å². The van der Waals surface area contributed by atoms with E-state index in [2.05, 4.69) is 5.10 Å². The van der Waals surface area contributed by atoms with Crippen molar-refractivity contribution in [1.82, 2.24) is 5.43 Å². The Labute approximate surface area is 151 Å². The highest BCUT2D eigenvalue weighted by atomic mass is 19.4. The Bertz CT molecular complexity index is 634. The molecule has 1 aromatic carbocycles. The number of nitrogens with zero attached hydrogens (tertiary/aromatic N) is 1. The van der Waals surface area contributed by atoms with Gasteiger partial charge in [0.2, 0.25) is 0 Å². The molecule has 0 aromatic heterocycles. The smallest absolute Gasteiger partial charge is 0.462 e. The summed E-state index contributed by atoms with van der Waals surface area (Å²) in [4.78, 5) is 0. The van der Waals surface area contributed by atoms with Crippen LogP contribution in [0.25, 0.3) is 0 Å². The zero-order chi connectivity index (χ0) is 20.7. The van der Waals surface area contributed by atoms with E-state index in [1.807, 2.05) is 6.92 Å². The first-order valence-electron chi connectivity index (χ1n) is 7.98. The number of hydrogen-bond acceptors (Lipinski definition) is 4. The lowest BCUT2D eigenvalue weighted by Gasteiger charge is -2.27. The third-order valence-electron chi connectivity index (χ3n) is 3.19. The van der Waals surface area contributed by atoms with Crippen LogP contribution in [-0.2, 0) is 0 Å². The van der Waals surface area contributed by atoms with Crippen molar-refractivity contribution in [1.29, 1.82) is 0 Å². The summed E-state index contributed by atoms with van der Waals surface area (Å²) in [5.74, 6) is -5.65. The quantitative estimate of drug-likeness (QED) is 0.197. The summed E-state index contributed by atoms with van der Waals surface area (Å²) in [5.41, 5.74) is 0.681. The van der Waals surface area contributed by atoms with Crippen molar-refractivity contribution >= 4 is 6.21 Å². The Kier molecular flexibility index (Phi) is 7.73. The maximum Gasteiger partial charge on any atom is 0.462 e. The van der Waals surface area contributed by atoms with E-state index in [0.29, 0.717) is 24.0 Å². The van der Waals surface area contributed by atoms with Crippen molar-refractivity contribution in [2.24, 2.45) is 5.10 Å². The van der Waals surface area contributed by atoms with Gasteiger partial charge in [-0.05, 0) is 37.1 Å². The summed E-state index contributed by atoms with van der Waals surface area (Å²) < 4.78 is 98.6. The molecule has 0 atom stereocenters. The zero-order valence-electron chi connectivity index (χ0n) is 14.5. The van der Waals surface area contributed by atoms with Gasteiger partial charge in [-0.15, -0.1) is 0 Å². The second-order valence-electron chi connectivity index (χ2n) is 5.36. The maximum atomic E-state index is 13.1. The zero-order valence-corrected chi connectivity index (χ0v) is 14.5. The van der Waals surface area contributed by atoms with Crippen LogP contribution >= 0.6 is 0 Å². The normalized spacial score (nSPS) is 13.1. The molecule has 154 valence electrons. The highest BCUT2D eigenvalue weighted by Crippen LogP contribution is 2.45. The molecule has 0 aliphatic heterocycles. The van der Waals surface area contributed by atoms with Crippen LogP contribution in [0, 0.1) is 0 Å². The van der Waals surface area contributed by atoms with E-state index >= 15 is 0 Å². The van der Waals surface area contributed by atoms with Gasteiger partial charge >= 0.3 is 18.1 Å². The molecule has 0 aliphatic rings. The van der Waals surface area contributed by atoms with E-state index in [-0.39, 0.29) is 17.9 Å². The van der Waals surface area contributed by atoms with Gasteiger partial charge in [0.15, 0.2) is 11.5 Å². The monoisotopic (exact) mass is 404 g/mol. The standard InChI is InChI=1S/C16H19F7N2O2/c1-3-5-8-27-12-7-6-11(9-13(12)26-4-2)10-24-25-16(22,23)14(17,18)15(19,20)21/h6-7,9-10,25H,3-5,8H2,1-2H3/b24-10+. The fourth-order valence-corrected chi connectivity index (χ4v) is 1.76. The van der Waals surface area contributed by atoms with Crippen molar-refractivity contribution < 1.29 is 40.2 Å². The largest absolute Gasteiger partial charge is 0.490 e. The van der Waals surface area contributed by atoms with E-state index in [9.17, 15) is 30.7 Å². The Morgan fingerprint density at radius 3 is 2.22 bits per heavy atom. The summed E-state index contributed by atoms with van der Waals surface area (Å²) in [7, 11) is 0. The molecule has 0 saturated heterocycles. The molecule has 1 rings (SSSR count). The molecule has 0 amide bonds. The lowest BCUT2D eigenvalue weighted by atomic mass is 10.2. The Morgan fingerprint density at radius 2 is 1.67 bits per heavy atom. The third kappa shape index (κ3) is 5.90. The average Bonchev–Trinajstić information content (AvgIpc) is 2.56. The van der Waals surface area contributed by atoms with Crippen molar-refractivity contribution in [2.45, 2.75) is 44.8 Å². The van der Waals surface area contributed by atoms with Crippen LogP contribution in [0.2, 0.25) is 0 Å². The van der Waals surface area contributed by atoms with Crippen LogP contribution < -0.4 is 14.9 Å². The molecule has 0 bridgehead atoms. The van der Waals surface area contributed by atoms with Gasteiger partial charge in [0.05, 0.1) is 19.4 Å². The molecule has 0 unspecified atom stereocenters. The number of nitrogens with one attached hydrogen (secondary N) is 1. The molecule has 1 N–H and O–H groups in total. The first-order chi connectivity index (χ1) is 12.5. The fraction of sp³-hybridized carbons (Fsp3) is 0.562. The molecule has 27 heavy (non-hydrogen) atoms. The molecule has 11 heteroatoms. The van der Waals surface area contributed by atoms with E-state index in [1.165, 1.54) is 18.2 Å². The molecule has 0 heterocycles.